The summed E-state index contributed by atoms with van der Waals surface area (Å²) in [6.45, 7) is 4.65. The molecule has 0 unspecified atom stereocenters. The second-order valence-corrected chi connectivity index (χ2v) is 2.15. The molecule has 0 saturated carbocycles. The summed E-state index contributed by atoms with van der Waals surface area (Å²) in [7, 11) is 1.90. The van der Waals surface area contributed by atoms with Gasteiger partial charge in [-0.05, 0) is 13.8 Å². The highest BCUT2D eigenvalue weighted by atomic mass is 16.5. The molecule has 56 valence electrons. The van der Waals surface area contributed by atoms with Gasteiger partial charge in [-0.2, -0.15) is 5.10 Å². The van der Waals surface area contributed by atoms with Gasteiger partial charge in [0, 0.05) is 7.05 Å². The van der Waals surface area contributed by atoms with Crippen molar-refractivity contribution in [2.45, 2.75) is 13.8 Å². The molecule has 1 rings (SSSR count). The molecule has 0 aromatic carbocycles. The molecule has 0 spiro atoms. The number of aryl methyl sites for hydroxylation is 1. The van der Waals surface area contributed by atoms with E-state index in [1.165, 1.54) is 0 Å². The van der Waals surface area contributed by atoms with Crippen LogP contribution in [0.15, 0.2) is 6.20 Å². The molecule has 10 heavy (non-hydrogen) atoms. The molecular weight excluding hydrogens is 128 g/mol. The van der Waals surface area contributed by atoms with Gasteiger partial charge in [-0.3, -0.25) is 4.68 Å². The summed E-state index contributed by atoms with van der Waals surface area (Å²) in [4.78, 5) is 0. The molecule has 0 aliphatic heterocycles. The molecule has 1 aromatic rings. The summed E-state index contributed by atoms with van der Waals surface area (Å²) >= 11 is 0. The Bertz CT molecular complexity index is 217. The Hall–Kier alpha value is -0.990. The summed E-state index contributed by atoms with van der Waals surface area (Å²) < 4.78 is 7.07. The Morgan fingerprint density at radius 1 is 1.70 bits per heavy atom. The topological polar surface area (TPSA) is 27.1 Å². The van der Waals surface area contributed by atoms with Gasteiger partial charge in [-0.25, -0.2) is 0 Å². The number of ether oxygens (including phenoxy) is 1. The molecular formula is C7H12N2O. The Balaban J connectivity index is 2.83. The van der Waals surface area contributed by atoms with Crippen molar-refractivity contribution in [2.75, 3.05) is 6.61 Å². The van der Waals surface area contributed by atoms with Crippen LogP contribution in [0.2, 0.25) is 0 Å². The first kappa shape index (κ1) is 7.12. The van der Waals surface area contributed by atoms with Crippen LogP contribution >= 0.6 is 0 Å². The van der Waals surface area contributed by atoms with Crippen molar-refractivity contribution >= 4 is 0 Å². The molecule has 0 amide bonds. The predicted octanol–water partition coefficient (Wildman–Crippen LogP) is 1.13. The van der Waals surface area contributed by atoms with Crippen LogP contribution in [0.1, 0.15) is 12.6 Å². The van der Waals surface area contributed by atoms with E-state index in [-0.39, 0.29) is 0 Å². The van der Waals surface area contributed by atoms with E-state index < -0.39 is 0 Å². The number of nitrogens with zero attached hydrogens (tertiary/aromatic N) is 2. The summed E-state index contributed by atoms with van der Waals surface area (Å²) in [6, 6.07) is 0. The van der Waals surface area contributed by atoms with Crippen molar-refractivity contribution in [1.29, 1.82) is 0 Å². The Morgan fingerprint density at radius 2 is 2.40 bits per heavy atom. The van der Waals surface area contributed by atoms with E-state index in [0.29, 0.717) is 6.61 Å². The van der Waals surface area contributed by atoms with Gasteiger partial charge in [-0.1, -0.05) is 0 Å². The zero-order valence-corrected chi connectivity index (χ0v) is 6.59. The fraction of sp³-hybridized carbons (Fsp3) is 0.571. The zero-order valence-electron chi connectivity index (χ0n) is 6.59. The largest absolute Gasteiger partial charge is 0.490 e. The van der Waals surface area contributed by atoms with E-state index in [4.69, 9.17) is 4.74 Å². The molecule has 0 aliphatic rings. The van der Waals surface area contributed by atoms with E-state index >= 15 is 0 Å². The first-order valence-corrected chi connectivity index (χ1v) is 3.37. The molecule has 3 heteroatoms. The lowest BCUT2D eigenvalue weighted by Gasteiger charge is -1.99. The van der Waals surface area contributed by atoms with Crippen LogP contribution in [0.5, 0.6) is 5.75 Å². The van der Waals surface area contributed by atoms with Gasteiger partial charge in [0.05, 0.1) is 18.5 Å². The molecule has 1 heterocycles. The maximum Gasteiger partial charge on any atom is 0.160 e. The van der Waals surface area contributed by atoms with E-state index in [0.717, 1.165) is 11.4 Å². The van der Waals surface area contributed by atoms with Crippen molar-refractivity contribution in [3.8, 4) is 5.75 Å². The first-order chi connectivity index (χ1) is 4.75. The van der Waals surface area contributed by atoms with Crippen LogP contribution in [-0.4, -0.2) is 16.4 Å². The fourth-order valence-corrected chi connectivity index (χ4v) is 0.776. The summed E-state index contributed by atoms with van der Waals surface area (Å²) in [5, 5.41) is 4.03. The second kappa shape index (κ2) is 2.73. The number of rotatable bonds is 2. The Kier molecular flexibility index (Phi) is 1.94. The van der Waals surface area contributed by atoms with E-state index in [1.54, 1.807) is 10.9 Å². The quantitative estimate of drug-likeness (QED) is 0.615. The SMILES string of the molecule is CCOc1cnn(C)c1C. The van der Waals surface area contributed by atoms with Gasteiger partial charge in [-0.15, -0.1) is 0 Å². The van der Waals surface area contributed by atoms with E-state index in [1.807, 2.05) is 20.9 Å². The number of aromatic nitrogens is 2. The van der Waals surface area contributed by atoms with Crippen LogP contribution in [-0.2, 0) is 7.05 Å². The fourth-order valence-electron chi connectivity index (χ4n) is 0.776. The lowest BCUT2D eigenvalue weighted by atomic mass is 10.4. The van der Waals surface area contributed by atoms with Gasteiger partial charge in [0.2, 0.25) is 0 Å². The van der Waals surface area contributed by atoms with Gasteiger partial charge in [0.1, 0.15) is 0 Å². The zero-order chi connectivity index (χ0) is 7.56. The third kappa shape index (κ3) is 1.12. The molecule has 0 saturated heterocycles. The maximum absolute atomic E-state index is 5.27. The van der Waals surface area contributed by atoms with Gasteiger partial charge >= 0.3 is 0 Å². The third-order valence-corrected chi connectivity index (χ3v) is 1.49. The lowest BCUT2D eigenvalue weighted by molar-refractivity contribution is 0.337. The van der Waals surface area contributed by atoms with Crippen LogP contribution in [0, 0.1) is 6.92 Å². The van der Waals surface area contributed by atoms with Crippen molar-refractivity contribution in [1.82, 2.24) is 9.78 Å². The van der Waals surface area contributed by atoms with Gasteiger partial charge in [0.25, 0.3) is 0 Å². The standard InChI is InChI=1S/C7H12N2O/c1-4-10-7-5-8-9(3)6(7)2/h5H,4H2,1-3H3. The molecule has 0 aliphatic carbocycles. The minimum absolute atomic E-state index is 0.701. The minimum Gasteiger partial charge on any atom is -0.490 e. The smallest absolute Gasteiger partial charge is 0.160 e. The molecule has 3 nitrogen and oxygen atoms in total. The normalized spacial score (nSPS) is 9.90. The molecule has 0 N–H and O–H groups in total. The number of hydrogen-bond acceptors (Lipinski definition) is 2. The van der Waals surface area contributed by atoms with Crippen LogP contribution in [0.25, 0.3) is 0 Å². The average Bonchev–Trinajstić information content (AvgIpc) is 2.20. The van der Waals surface area contributed by atoms with Gasteiger partial charge in [0.15, 0.2) is 5.75 Å². The van der Waals surface area contributed by atoms with Crippen molar-refractivity contribution in [3.63, 3.8) is 0 Å². The molecule has 0 fully saturated rings. The summed E-state index contributed by atoms with van der Waals surface area (Å²) in [5.74, 6) is 0.880. The van der Waals surface area contributed by atoms with Crippen molar-refractivity contribution in [3.05, 3.63) is 11.9 Å². The van der Waals surface area contributed by atoms with Crippen LogP contribution < -0.4 is 4.74 Å². The minimum atomic E-state index is 0.701. The highest BCUT2D eigenvalue weighted by Gasteiger charge is 2.01. The van der Waals surface area contributed by atoms with Gasteiger partial charge < -0.3 is 4.74 Å². The highest BCUT2D eigenvalue weighted by molar-refractivity contribution is 5.22. The van der Waals surface area contributed by atoms with E-state index in [2.05, 4.69) is 5.10 Å². The lowest BCUT2D eigenvalue weighted by Crippen LogP contribution is -1.95. The Morgan fingerprint density at radius 3 is 2.80 bits per heavy atom. The average molecular weight is 140 g/mol. The summed E-state index contributed by atoms with van der Waals surface area (Å²) in [5.41, 5.74) is 1.07. The van der Waals surface area contributed by atoms with Crippen LogP contribution in [0.3, 0.4) is 0 Å². The molecule has 0 atom stereocenters. The summed E-state index contributed by atoms with van der Waals surface area (Å²) in [6.07, 6.45) is 1.73. The third-order valence-electron chi connectivity index (χ3n) is 1.49. The van der Waals surface area contributed by atoms with Crippen molar-refractivity contribution in [2.24, 2.45) is 7.05 Å². The van der Waals surface area contributed by atoms with Crippen LogP contribution in [0.4, 0.5) is 0 Å². The predicted molar refractivity (Wildman–Crippen MR) is 39.1 cm³/mol. The highest BCUT2D eigenvalue weighted by Crippen LogP contribution is 2.14. The van der Waals surface area contributed by atoms with Crippen molar-refractivity contribution < 1.29 is 4.74 Å². The second-order valence-electron chi connectivity index (χ2n) is 2.15. The molecule has 1 aromatic heterocycles. The molecule has 0 radical (unpaired) electrons. The molecule has 0 bridgehead atoms. The first-order valence-electron chi connectivity index (χ1n) is 3.37. The number of hydrogen-bond donors (Lipinski definition) is 0. The Labute approximate surface area is 60.6 Å². The van der Waals surface area contributed by atoms with E-state index in [9.17, 15) is 0 Å². The monoisotopic (exact) mass is 140 g/mol. The maximum atomic E-state index is 5.27.